The summed E-state index contributed by atoms with van der Waals surface area (Å²) in [6.45, 7) is 4.46. The molecule has 0 amide bonds. The SMILES string of the molecule is CC1CC1c1ccc(CN(CCCO)C2CC2)o1. The average molecular weight is 249 g/mol. The van der Waals surface area contributed by atoms with E-state index in [1.54, 1.807) is 0 Å². The van der Waals surface area contributed by atoms with E-state index >= 15 is 0 Å². The monoisotopic (exact) mass is 249 g/mol. The third-order valence-electron chi connectivity index (χ3n) is 4.18. The largest absolute Gasteiger partial charge is 0.464 e. The van der Waals surface area contributed by atoms with Crippen molar-refractivity contribution in [3.05, 3.63) is 23.7 Å². The molecule has 100 valence electrons. The number of hydrogen-bond acceptors (Lipinski definition) is 3. The van der Waals surface area contributed by atoms with Crippen LogP contribution in [-0.4, -0.2) is 29.2 Å². The van der Waals surface area contributed by atoms with Crippen LogP contribution in [0.25, 0.3) is 0 Å². The van der Waals surface area contributed by atoms with Crippen molar-refractivity contribution in [2.45, 2.75) is 51.1 Å². The zero-order valence-electron chi connectivity index (χ0n) is 11.1. The summed E-state index contributed by atoms with van der Waals surface area (Å²) in [6, 6.07) is 5.01. The average Bonchev–Trinajstić information content (AvgIpc) is 3.27. The van der Waals surface area contributed by atoms with Gasteiger partial charge in [0.2, 0.25) is 0 Å². The molecular formula is C15H23NO2. The number of aliphatic hydroxyl groups excluding tert-OH is 1. The first-order valence-electron chi connectivity index (χ1n) is 7.21. The van der Waals surface area contributed by atoms with E-state index in [2.05, 4.69) is 24.0 Å². The molecule has 0 saturated heterocycles. The molecule has 2 fully saturated rings. The van der Waals surface area contributed by atoms with Gasteiger partial charge >= 0.3 is 0 Å². The van der Waals surface area contributed by atoms with E-state index in [9.17, 15) is 0 Å². The summed E-state index contributed by atoms with van der Waals surface area (Å²) in [5.74, 6) is 3.74. The minimum absolute atomic E-state index is 0.284. The highest BCUT2D eigenvalue weighted by molar-refractivity contribution is 5.17. The lowest BCUT2D eigenvalue weighted by atomic mass is 10.3. The van der Waals surface area contributed by atoms with Crippen LogP contribution in [0.2, 0.25) is 0 Å². The normalized spacial score (nSPS) is 26.8. The minimum atomic E-state index is 0.284. The Bertz CT molecular complexity index is 397. The second-order valence-electron chi connectivity index (χ2n) is 5.90. The van der Waals surface area contributed by atoms with Gasteiger partial charge in [-0.15, -0.1) is 0 Å². The maximum atomic E-state index is 8.95. The number of hydrogen-bond donors (Lipinski definition) is 1. The van der Waals surface area contributed by atoms with Gasteiger partial charge in [-0.25, -0.2) is 0 Å². The van der Waals surface area contributed by atoms with Crippen molar-refractivity contribution in [2.75, 3.05) is 13.2 Å². The van der Waals surface area contributed by atoms with Crippen LogP contribution in [0, 0.1) is 5.92 Å². The van der Waals surface area contributed by atoms with Crippen LogP contribution >= 0.6 is 0 Å². The predicted molar refractivity (Wildman–Crippen MR) is 70.4 cm³/mol. The Balaban J connectivity index is 1.57. The zero-order chi connectivity index (χ0) is 12.5. The summed E-state index contributed by atoms with van der Waals surface area (Å²) in [7, 11) is 0. The lowest BCUT2D eigenvalue weighted by Gasteiger charge is -2.20. The lowest BCUT2D eigenvalue weighted by Crippen LogP contribution is -2.27. The maximum Gasteiger partial charge on any atom is 0.118 e. The van der Waals surface area contributed by atoms with E-state index < -0.39 is 0 Å². The van der Waals surface area contributed by atoms with Crippen molar-refractivity contribution in [3.8, 4) is 0 Å². The van der Waals surface area contributed by atoms with Gasteiger partial charge in [0.05, 0.1) is 6.54 Å². The molecule has 0 aliphatic heterocycles. The molecule has 18 heavy (non-hydrogen) atoms. The fourth-order valence-corrected chi connectivity index (χ4v) is 2.70. The molecule has 0 spiro atoms. The second-order valence-corrected chi connectivity index (χ2v) is 5.90. The van der Waals surface area contributed by atoms with Crippen molar-refractivity contribution < 1.29 is 9.52 Å². The topological polar surface area (TPSA) is 36.6 Å². The Labute approximate surface area is 109 Å². The van der Waals surface area contributed by atoms with Gasteiger partial charge in [-0.2, -0.15) is 0 Å². The van der Waals surface area contributed by atoms with Gasteiger partial charge < -0.3 is 9.52 Å². The fraction of sp³-hybridized carbons (Fsp3) is 0.733. The van der Waals surface area contributed by atoms with Crippen LogP contribution in [-0.2, 0) is 6.54 Å². The van der Waals surface area contributed by atoms with Crippen molar-refractivity contribution in [2.24, 2.45) is 5.92 Å². The van der Waals surface area contributed by atoms with Crippen LogP contribution < -0.4 is 0 Å². The predicted octanol–water partition coefficient (Wildman–Crippen LogP) is 2.75. The molecule has 3 nitrogen and oxygen atoms in total. The van der Waals surface area contributed by atoms with Crippen LogP contribution in [0.1, 0.15) is 50.0 Å². The van der Waals surface area contributed by atoms with Crippen molar-refractivity contribution in [3.63, 3.8) is 0 Å². The Morgan fingerprint density at radius 1 is 1.39 bits per heavy atom. The van der Waals surface area contributed by atoms with E-state index in [4.69, 9.17) is 9.52 Å². The number of nitrogens with zero attached hydrogens (tertiary/aromatic N) is 1. The van der Waals surface area contributed by atoms with E-state index in [1.807, 2.05) is 0 Å². The van der Waals surface area contributed by atoms with Gasteiger partial charge in [-0.1, -0.05) is 6.92 Å². The van der Waals surface area contributed by atoms with Gasteiger partial charge in [0.15, 0.2) is 0 Å². The highest BCUT2D eigenvalue weighted by Gasteiger charge is 2.37. The van der Waals surface area contributed by atoms with Crippen LogP contribution in [0.3, 0.4) is 0 Å². The third kappa shape index (κ3) is 2.78. The molecule has 2 atom stereocenters. The van der Waals surface area contributed by atoms with Crippen molar-refractivity contribution in [1.82, 2.24) is 4.90 Å². The molecule has 3 heteroatoms. The standard InChI is InChI=1S/C15H23NO2/c1-11-9-14(11)15-6-5-13(18-15)10-16(7-2-8-17)12-3-4-12/h5-6,11-12,14,17H,2-4,7-10H2,1H3. The van der Waals surface area contributed by atoms with E-state index in [0.717, 1.165) is 37.2 Å². The second kappa shape index (κ2) is 5.06. The van der Waals surface area contributed by atoms with E-state index in [1.165, 1.54) is 25.0 Å². The summed E-state index contributed by atoms with van der Waals surface area (Å²) in [5, 5.41) is 8.95. The molecule has 2 aliphatic rings. The van der Waals surface area contributed by atoms with Crippen molar-refractivity contribution >= 4 is 0 Å². The van der Waals surface area contributed by atoms with Crippen LogP contribution in [0.15, 0.2) is 16.5 Å². The summed E-state index contributed by atoms with van der Waals surface area (Å²) in [6.07, 6.45) is 4.75. The van der Waals surface area contributed by atoms with Crippen molar-refractivity contribution in [1.29, 1.82) is 0 Å². The highest BCUT2D eigenvalue weighted by atomic mass is 16.3. The fourth-order valence-electron chi connectivity index (χ4n) is 2.70. The Hall–Kier alpha value is -0.800. The molecule has 1 N–H and O–H groups in total. The summed E-state index contributed by atoms with van der Waals surface area (Å²) in [4.78, 5) is 2.45. The number of furan rings is 1. The molecule has 2 aliphatic carbocycles. The molecule has 2 saturated carbocycles. The molecule has 1 heterocycles. The molecule has 3 rings (SSSR count). The maximum absolute atomic E-state index is 8.95. The van der Waals surface area contributed by atoms with Gasteiger partial charge in [0, 0.05) is 25.1 Å². The first kappa shape index (κ1) is 12.2. The first-order valence-corrected chi connectivity index (χ1v) is 7.21. The smallest absolute Gasteiger partial charge is 0.118 e. The van der Waals surface area contributed by atoms with Gasteiger partial charge in [-0.3, -0.25) is 4.90 Å². The minimum Gasteiger partial charge on any atom is -0.464 e. The molecule has 0 aromatic carbocycles. The van der Waals surface area contributed by atoms with Gasteiger partial charge in [-0.05, 0) is 43.7 Å². The third-order valence-corrected chi connectivity index (χ3v) is 4.18. The van der Waals surface area contributed by atoms with Crippen LogP contribution in [0.4, 0.5) is 0 Å². The molecule has 2 unspecified atom stereocenters. The molecule has 0 radical (unpaired) electrons. The summed E-state index contributed by atoms with van der Waals surface area (Å²) < 4.78 is 5.96. The summed E-state index contributed by atoms with van der Waals surface area (Å²) >= 11 is 0. The Morgan fingerprint density at radius 2 is 2.17 bits per heavy atom. The molecule has 1 aromatic heterocycles. The molecule has 0 bridgehead atoms. The van der Waals surface area contributed by atoms with Gasteiger partial charge in [0.1, 0.15) is 11.5 Å². The van der Waals surface area contributed by atoms with E-state index in [-0.39, 0.29) is 6.61 Å². The number of rotatable bonds is 7. The first-order chi connectivity index (χ1) is 8.78. The van der Waals surface area contributed by atoms with Crippen LogP contribution in [0.5, 0.6) is 0 Å². The molecular weight excluding hydrogens is 226 g/mol. The quantitative estimate of drug-likeness (QED) is 0.807. The Kier molecular flexibility index (Phi) is 3.44. The Morgan fingerprint density at radius 3 is 2.78 bits per heavy atom. The highest BCUT2D eigenvalue weighted by Crippen LogP contribution is 2.47. The lowest BCUT2D eigenvalue weighted by molar-refractivity contribution is 0.199. The van der Waals surface area contributed by atoms with Gasteiger partial charge in [0.25, 0.3) is 0 Å². The number of aliphatic hydroxyl groups is 1. The van der Waals surface area contributed by atoms with E-state index in [0.29, 0.717) is 5.92 Å². The zero-order valence-corrected chi connectivity index (χ0v) is 11.1. The summed E-state index contributed by atoms with van der Waals surface area (Å²) in [5.41, 5.74) is 0. The molecule has 1 aromatic rings.